The molecule has 110 valence electrons. The molecule has 0 saturated carbocycles. The fraction of sp³-hybridized carbons (Fsp3) is 0.538. The van der Waals surface area contributed by atoms with E-state index >= 15 is 0 Å². The van der Waals surface area contributed by atoms with E-state index < -0.39 is 5.54 Å². The van der Waals surface area contributed by atoms with E-state index in [1.165, 1.54) is 0 Å². The van der Waals surface area contributed by atoms with Crippen molar-refractivity contribution in [3.8, 4) is 0 Å². The number of carbonyl (C=O) groups excluding carboxylic acids is 1. The molecule has 0 spiro atoms. The van der Waals surface area contributed by atoms with Crippen LogP contribution in [0.4, 0.5) is 11.6 Å². The van der Waals surface area contributed by atoms with Crippen LogP contribution in [-0.4, -0.2) is 48.5 Å². The van der Waals surface area contributed by atoms with Crippen molar-refractivity contribution in [2.75, 3.05) is 37.4 Å². The molecule has 0 unspecified atom stereocenters. The highest BCUT2D eigenvalue weighted by Crippen LogP contribution is 2.36. The normalized spacial score (nSPS) is 18.4. The van der Waals surface area contributed by atoms with E-state index in [1.807, 2.05) is 18.7 Å². The Bertz CT molecular complexity index is 547. The predicted octanol–water partition coefficient (Wildman–Crippen LogP) is 2.49. The number of pyridine rings is 1. The SMILES string of the molecule is CNc1nc(N2CCN(C)C(=O)C2(C)C)c(Cl)cc1Cl. The number of amides is 1. The lowest BCUT2D eigenvalue weighted by molar-refractivity contribution is -0.136. The molecule has 1 saturated heterocycles. The van der Waals surface area contributed by atoms with Crippen molar-refractivity contribution in [2.24, 2.45) is 0 Å². The van der Waals surface area contributed by atoms with Crippen LogP contribution in [0.5, 0.6) is 0 Å². The first-order chi connectivity index (χ1) is 9.28. The van der Waals surface area contributed by atoms with E-state index in [9.17, 15) is 4.79 Å². The van der Waals surface area contributed by atoms with Gasteiger partial charge < -0.3 is 15.1 Å². The fourth-order valence-corrected chi connectivity index (χ4v) is 2.96. The summed E-state index contributed by atoms with van der Waals surface area (Å²) < 4.78 is 0. The van der Waals surface area contributed by atoms with Crippen LogP contribution in [0.1, 0.15) is 13.8 Å². The van der Waals surface area contributed by atoms with Gasteiger partial charge in [0.25, 0.3) is 0 Å². The molecular formula is C13H18Cl2N4O. The third kappa shape index (κ3) is 2.40. The summed E-state index contributed by atoms with van der Waals surface area (Å²) in [5.74, 6) is 1.17. The van der Waals surface area contributed by atoms with E-state index in [4.69, 9.17) is 23.2 Å². The maximum atomic E-state index is 12.3. The van der Waals surface area contributed by atoms with Crippen LogP contribution >= 0.6 is 23.2 Å². The Morgan fingerprint density at radius 2 is 1.95 bits per heavy atom. The highest BCUT2D eigenvalue weighted by atomic mass is 35.5. The Morgan fingerprint density at radius 3 is 2.55 bits per heavy atom. The number of rotatable bonds is 2. The Hall–Kier alpha value is -1.20. The zero-order valence-electron chi connectivity index (χ0n) is 12.0. The number of hydrogen-bond acceptors (Lipinski definition) is 4. The second-order valence-corrected chi connectivity index (χ2v) is 6.13. The first-order valence-corrected chi connectivity index (χ1v) is 7.11. The van der Waals surface area contributed by atoms with Crippen LogP contribution in [0.2, 0.25) is 10.0 Å². The molecule has 1 amide bonds. The predicted molar refractivity (Wildman–Crippen MR) is 82.9 cm³/mol. The molecule has 5 nitrogen and oxygen atoms in total. The summed E-state index contributed by atoms with van der Waals surface area (Å²) in [7, 11) is 3.55. The number of halogens is 2. The molecular weight excluding hydrogens is 299 g/mol. The van der Waals surface area contributed by atoms with Crippen molar-refractivity contribution in [3.05, 3.63) is 16.1 Å². The average molecular weight is 317 g/mol. The number of nitrogens with zero attached hydrogens (tertiary/aromatic N) is 3. The first kappa shape index (κ1) is 15.2. The summed E-state index contributed by atoms with van der Waals surface area (Å²) in [5, 5.41) is 3.83. The lowest BCUT2D eigenvalue weighted by Crippen LogP contribution is -2.62. The number of likely N-dealkylation sites (N-methyl/N-ethyl adjacent to an activating group) is 1. The lowest BCUT2D eigenvalue weighted by atomic mass is 9.98. The van der Waals surface area contributed by atoms with Gasteiger partial charge in [-0.1, -0.05) is 23.2 Å². The van der Waals surface area contributed by atoms with Crippen molar-refractivity contribution < 1.29 is 4.79 Å². The van der Waals surface area contributed by atoms with Gasteiger partial charge in [0.2, 0.25) is 5.91 Å². The van der Waals surface area contributed by atoms with Gasteiger partial charge >= 0.3 is 0 Å². The number of anilines is 2. The highest BCUT2D eigenvalue weighted by molar-refractivity contribution is 6.37. The molecule has 20 heavy (non-hydrogen) atoms. The van der Waals surface area contributed by atoms with Crippen molar-refractivity contribution in [1.82, 2.24) is 9.88 Å². The van der Waals surface area contributed by atoms with Crippen molar-refractivity contribution in [3.63, 3.8) is 0 Å². The fourth-order valence-electron chi connectivity index (χ4n) is 2.41. The van der Waals surface area contributed by atoms with Crippen LogP contribution in [0, 0.1) is 0 Å². The zero-order valence-corrected chi connectivity index (χ0v) is 13.5. The van der Waals surface area contributed by atoms with E-state index in [0.717, 1.165) is 0 Å². The molecule has 2 rings (SSSR count). The van der Waals surface area contributed by atoms with Gasteiger partial charge in [-0.25, -0.2) is 4.98 Å². The lowest BCUT2D eigenvalue weighted by Gasteiger charge is -2.45. The second-order valence-electron chi connectivity index (χ2n) is 5.31. The Balaban J connectivity index is 2.48. The van der Waals surface area contributed by atoms with Gasteiger partial charge in [-0.15, -0.1) is 0 Å². The molecule has 0 bridgehead atoms. The molecule has 1 aromatic rings. The topological polar surface area (TPSA) is 48.5 Å². The molecule has 1 aromatic heterocycles. The van der Waals surface area contributed by atoms with Gasteiger partial charge in [-0.05, 0) is 19.9 Å². The van der Waals surface area contributed by atoms with Gasteiger partial charge in [0.15, 0.2) is 5.82 Å². The molecule has 7 heteroatoms. The Kier molecular flexibility index (Phi) is 4.02. The van der Waals surface area contributed by atoms with E-state index in [1.54, 1.807) is 25.1 Å². The summed E-state index contributed by atoms with van der Waals surface area (Å²) in [6.45, 7) is 5.05. The number of nitrogens with one attached hydrogen (secondary N) is 1. The standard InChI is InChI=1S/C13H18Cl2N4O/c1-13(2)12(20)18(4)5-6-19(13)11-9(15)7-8(14)10(16-3)17-11/h7H,5-6H2,1-4H3,(H,16,17). The second kappa shape index (κ2) is 5.30. The molecule has 2 heterocycles. The number of aromatic nitrogens is 1. The molecule has 1 aliphatic rings. The third-order valence-electron chi connectivity index (χ3n) is 3.61. The van der Waals surface area contributed by atoms with Gasteiger partial charge in [0, 0.05) is 27.2 Å². The smallest absolute Gasteiger partial charge is 0.247 e. The molecule has 0 radical (unpaired) electrons. The van der Waals surface area contributed by atoms with Crippen LogP contribution in [0.15, 0.2) is 6.07 Å². The number of carbonyl (C=O) groups is 1. The summed E-state index contributed by atoms with van der Waals surface area (Å²) in [6.07, 6.45) is 0. The average Bonchev–Trinajstić information content (AvgIpc) is 2.38. The monoisotopic (exact) mass is 316 g/mol. The summed E-state index contributed by atoms with van der Waals surface area (Å²) in [6, 6.07) is 1.65. The van der Waals surface area contributed by atoms with Crippen LogP contribution in [-0.2, 0) is 4.79 Å². The molecule has 0 aromatic carbocycles. The quantitative estimate of drug-likeness (QED) is 0.910. The van der Waals surface area contributed by atoms with E-state index in [0.29, 0.717) is 34.8 Å². The highest BCUT2D eigenvalue weighted by Gasteiger charge is 2.42. The molecule has 1 fully saturated rings. The third-order valence-corrected chi connectivity index (χ3v) is 4.17. The van der Waals surface area contributed by atoms with Crippen molar-refractivity contribution in [1.29, 1.82) is 0 Å². The molecule has 0 atom stereocenters. The maximum Gasteiger partial charge on any atom is 0.247 e. The summed E-state index contributed by atoms with van der Waals surface area (Å²) >= 11 is 12.3. The molecule has 1 N–H and O–H groups in total. The maximum absolute atomic E-state index is 12.3. The van der Waals surface area contributed by atoms with Gasteiger partial charge in [0.05, 0.1) is 10.0 Å². The van der Waals surface area contributed by atoms with Crippen LogP contribution in [0.25, 0.3) is 0 Å². The van der Waals surface area contributed by atoms with Crippen molar-refractivity contribution >= 4 is 40.7 Å². The van der Waals surface area contributed by atoms with Gasteiger partial charge in [-0.2, -0.15) is 0 Å². The van der Waals surface area contributed by atoms with Gasteiger partial charge in [0.1, 0.15) is 11.4 Å². The number of piperazine rings is 1. The first-order valence-electron chi connectivity index (χ1n) is 6.36. The van der Waals surface area contributed by atoms with E-state index in [2.05, 4.69) is 10.3 Å². The van der Waals surface area contributed by atoms with Crippen molar-refractivity contribution in [2.45, 2.75) is 19.4 Å². The minimum Gasteiger partial charge on any atom is -0.372 e. The molecule has 0 aliphatic carbocycles. The zero-order chi connectivity index (χ0) is 15.1. The molecule has 1 aliphatic heterocycles. The van der Waals surface area contributed by atoms with E-state index in [-0.39, 0.29) is 5.91 Å². The Labute approximate surface area is 128 Å². The van der Waals surface area contributed by atoms with Crippen LogP contribution < -0.4 is 10.2 Å². The largest absolute Gasteiger partial charge is 0.372 e. The minimum absolute atomic E-state index is 0.0441. The summed E-state index contributed by atoms with van der Waals surface area (Å²) in [4.78, 5) is 20.4. The van der Waals surface area contributed by atoms with Gasteiger partial charge in [-0.3, -0.25) is 4.79 Å². The summed E-state index contributed by atoms with van der Waals surface area (Å²) in [5.41, 5.74) is -0.692. The minimum atomic E-state index is -0.692. The Morgan fingerprint density at radius 1 is 1.30 bits per heavy atom. The van der Waals surface area contributed by atoms with Crippen LogP contribution in [0.3, 0.4) is 0 Å². The number of hydrogen-bond donors (Lipinski definition) is 1.